The highest BCUT2D eigenvalue weighted by molar-refractivity contribution is 8.07. The van der Waals surface area contributed by atoms with Gasteiger partial charge in [0.2, 0.25) is 5.95 Å². The number of aromatic nitrogens is 5. The number of nitrogens with one attached hydrogen (secondary N) is 1. The molecule has 1 aromatic carbocycles. The number of hydrogen-bond acceptors (Lipinski definition) is 15. The molecule has 3 saturated heterocycles. The molecule has 0 spiro atoms. The summed E-state index contributed by atoms with van der Waals surface area (Å²) in [4.78, 5) is 58.2. The number of nitrogen functional groups attached to an aromatic ring is 1. The predicted molar refractivity (Wildman–Crippen MR) is 165 cm³/mol. The van der Waals surface area contributed by atoms with E-state index in [1.165, 1.54) is 21.7 Å². The number of aromatic amines is 1. The molecule has 22 heteroatoms. The van der Waals surface area contributed by atoms with Crippen LogP contribution in [0.3, 0.4) is 0 Å². The summed E-state index contributed by atoms with van der Waals surface area (Å²) < 4.78 is 36.9. The zero-order chi connectivity index (χ0) is 32.5. The van der Waals surface area contributed by atoms with Crippen LogP contribution in [0.25, 0.3) is 21.9 Å². The number of anilines is 1. The third-order valence-corrected chi connectivity index (χ3v) is 10.9. The predicted octanol–water partition coefficient (Wildman–Crippen LogP) is -0.516. The average molecular weight is 717 g/mol. The van der Waals surface area contributed by atoms with E-state index in [4.69, 9.17) is 56.9 Å². The minimum absolute atomic E-state index is 0.0204. The third kappa shape index (κ3) is 5.78. The van der Waals surface area contributed by atoms with Crippen LogP contribution >= 0.6 is 13.4 Å². The van der Waals surface area contributed by atoms with Crippen LogP contribution < -0.4 is 16.9 Å². The van der Waals surface area contributed by atoms with Gasteiger partial charge in [0, 0.05) is 11.6 Å². The Morgan fingerprint density at radius 2 is 1.59 bits per heavy atom. The second-order valence-corrected chi connectivity index (χ2v) is 16.3. The zero-order valence-electron chi connectivity index (χ0n) is 23.2. The quantitative estimate of drug-likeness (QED) is 0.143. The van der Waals surface area contributed by atoms with Crippen LogP contribution in [0.15, 0.2) is 52.4 Å². The number of nitrogens with two attached hydrogens (primary N) is 1. The molecule has 0 amide bonds. The van der Waals surface area contributed by atoms with E-state index < -0.39 is 86.8 Å². The number of hydrogen-bond donors (Lipinski definition) is 6. The number of aliphatic hydroxyl groups excluding tert-OH is 2. The molecule has 18 nitrogen and oxygen atoms in total. The Balaban J connectivity index is 1.21. The topological polar surface area (TPSA) is 248 Å². The second-order valence-electron chi connectivity index (χ2n) is 10.7. The van der Waals surface area contributed by atoms with Crippen molar-refractivity contribution in [3.8, 4) is 0 Å². The number of imidazole rings is 1. The van der Waals surface area contributed by atoms with Crippen LogP contribution in [-0.2, 0) is 51.2 Å². The minimum Gasteiger partial charge on any atom is -0.387 e. The Morgan fingerprint density at radius 1 is 0.913 bits per heavy atom. The van der Waals surface area contributed by atoms with Crippen molar-refractivity contribution in [2.75, 3.05) is 18.9 Å². The fourth-order valence-electron chi connectivity index (χ4n) is 5.65. The normalized spacial score (nSPS) is 37.0. The van der Waals surface area contributed by atoms with Gasteiger partial charge in [-0.25, -0.2) is 4.98 Å². The maximum atomic E-state index is 13.4. The molecular formula is C24H26N6O12P2S2. The zero-order valence-corrected chi connectivity index (χ0v) is 26.6. The number of benzene rings is 1. The molecule has 3 aliphatic rings. The summed E-state index contributed by atoms with van der Waals surface area (Å²) in [6.07, 6.45) is -8.49. The molecule has 46 heavy (non-hydrogen) atoms. The largest absolute Gasteiger partial charge is 0.387 e. The van der Waals surface area contributed by atoms with Gasteiger partial charge in [-0.3, -0.25) is 32.8 Å². The van der Waals surface area contributed by atoms with Gasteiger partial charge < -0.3 is 44.3 Å². The molecule has 6 heterocycles. The SMILES string of the molecule is Nc1nc2c(ncn2[C@@H]2O[C@@H]3COP(O)(=S)O[C@@H]4[C@H](O)[C@@H](COP(O)(=S)O[C@H]3[C@H]2O)O[C@H]4n2ccc3ccccc3c2=O)c(=O)[nH]1. The molecule has 4 aromatic rings. The third-order valence-electron chi connectivity index (χ3n) is 7.78. The molecule has 7 rings (SSSR count). The maximum absolute atomic E-state index is 13.4. The Labute approximate surface area is 267 Å². The van der Waals surface area contributed by atoms with Gasteiger partial charge in [0.25, 0.3) is 11.1 Å². The lowest BCUT2D eigenvalue weighted by molar-refractivity contribution is -0.0624. The Kier molecular flexibility index (Phi) is 8.27. The van der Waals surface area contributed by atoms with Crippen LogP contribution in [0.1, 0.15) is 12.5 Å². The molecule has 246 valence electrons. The number of ether oxygens (including phenoxy) is 2. The van der Waals surface area contributed by atoms with Gasteiger partial charge in [-0.05, 0) is 41.1 Å². The molecule has 3 fully saturated rings. The van der Waals surface area contributed by atoms with Gasteiger partial charge in [-0.2, -0.15) is 4.98 Å². The van der Waals surface area contributed by atoms with Crippen LogP contribution in [0.4, 0.5) is 5.95 Å². The van der Waals surface area contributed by atoms with E-state index in [9.17, 15) is 29.6 Å². The van der Waals surface area contributed by atoms with Crippen LogP contribution in [0, 0.1) is 0 Å². The van der Waals surface area contributed by atoms with Crippen LogP contribution in [0.2, 0.25) is 0 Å². The van der Waals surface area contributed by atoms with Crippen molar-refractivity contribution in [2.45, 2.75) is 49.1 Å². The lowest BCUT2D eigenvalue weighted by Crippen LogP contribution is -2.37. The molecule has 0 radical (unpaired) electrons. The summed E-state index contributed by atoms with van der Waals surface area (Å²) in [6, 6.07) is 8.51. The van der Waals surface area contributed by atoms with Gasteiger partial charge in [-0.15, -0.1) is 0 Å². The Morgan fingerprint density at radius 3 is 2.35 bits per heavy atom. The van der Waals surface area contributed by atoms with Crippen molar-refractivity contribution in [1.82, 2.24) is 24.1 Å². The molecule has 3 aliphatic heterocycles. The Hall–Kier alpha value is -2.52. The molecule has 2 unspecified atom stereocenters. The van der Waals surface area contributed by atoms with Crippen molar-refractivity contribution < 1.29 is 47.6 Å². The van der Waals surface area contributed by atoms with Gasteiger partial charge in [0.15, 0.2) is 23.6 Å². The highest BCUT2D eigenvalue weighted by Gasteiger charge is 2.52. The number of H-pyrrole nitrogens is 1. The van der Waals surface area contributed by atoms with Gasteiger partial charge in [0.1, 0.15) is 36.6 Å². The van der Waals surface area contributed by atoms with Gasteiger partial charge >= 0.3 is 13.4 Å². The first-order valence-corrected chi connectivity index (χ1v) is 18.8. The van der Waals surface area contributed by atoms with Crippen molar-refractivity contribution in [3.05, 3.63) is 63.6 Å². The van der Waals surface area contributed by atoms with Crippen molar-refractivity contribution in [2.24, 2.45) is 0 Å². The summed E-state index contributed by atoms with van der Waals surface area (Å²) >= 11 is 10.5. The fourth-order valence-corrected chi connectivity index (χ4v) is 8.50. The standard InChI is InChI=1S/C24H26N6O12P2S2/c25-24-27-19-14(20(33)28-24)26-9-30(19)22-16(32)17-13(40-22)8-38-44(36,46)42-18-15(31)12(7-37-43(35,45)41-17)39-23(18)29-6-5-10-3-1-2-4-11(10)21(29)34/h1-6,9,12-13,15-18,22-23,31-32H,7-8H2,(H,35,45)(H,36,46)(H3,25,27,28,33)/t12-,13-,15-,16-,17-,18-,22-,23-,43?,44?/m1/s1. The summed E-state index contributed by atoms with van der Waals surface area (Å²) in [5.74, 6) is -0.213. The number of nitrogens with zero attached hydrogens (tertiary/aromatic N) is 4. The maximum Gasteiger partial charge on any atom is 0.325 e. The lowest BCUT2D eigenvalue weighted by Gasteiger charge is -2.28. The van der Waals surface area contributed by atoms with E-state index in [2.05, 4.69) is 15.0 Å². The summed E-state index contributed by atoms with van der Waals surface area (Å²) in [7, 11) is 0. The molecular weight excluding hydrogens is 690 g/mol. The number of aliphatic hydroxyl groups is 2. The number of rotatable bonds is 2. The highest BCUT2D eigenvalue weighted by atomic mass is 32.5. The second kappa shape index (κ2) is 11.9. The van der Waals surface area contributed by atoms with Crippen molar-refractivity contribution in [3.63, 3.8) is 0 Å². The average Bonchev–Trinajstić information content (AvgIpc) is 3.65. The molecule has 7 N–H and O–H groups in total. The summed E-state index contributed by atoms with van der Waals surface area (Å²) in [5.41, 5.74) is 4.48. The molecule has 10 atom stereocenters. The Bertz CT molecular complexity index is 2040. The summed E-state index contributed by atoms with van der Waals surface area (Å²) in [5, 5.41) is 23.5. The first-order chi connectivity index (χ1) is 21.8. The summed E-state index contributed by atoms with van der Waals surface area (Å²) in [6.45, 7) is -9.57. The van der Waals surface area contributed by atoms with E-state index in [1.807, 2.05) is 0 Å². The van der Waals surface area contributed by atoms with E-state index >= 15 is 0 Å². The number of fused-ring (bicyclic) bond motifs is 5. The van der Waals surface area contributed by atoms with Crippen LogP contribution in [0.5, 0.6) is 0 Å². The van der Waals surface area contributed by atoms with Crippen molar-refractivity contribution >= 4 is 64.9 Å². The first-order valence-electron chi connectivity index (χ1n) is 13.6. The number of pyridine rings is 1. The first kappa shape index (κ1) is 32.0. The highest BCUT2D eigenvalue weighted by Crippen LogP contribution is 2.53. The molecule has 2 bridgehead atoms. The van der Waals surface area contributed by atoms with Gasteiger partial charge in [0.05, 0.1) is 19.5 Å². The van der Waals surface area contributed by atoms with Crippen molar-refractivity contribution in [1.29, 1.82) is 0 Å². The van der Waals surface area contributed by atoms with Crippen LogP contribution in [-0.4, -0.2) is 93.9 Å². The fraction of sp³-hybridized carbons (Fsp3) is 0.417. The molecule has 0 saturated carbocycles. The van der Waals surface area contributed by atoms with E-state index in [0.29, 0.717) is 10.8 Å². The van der Waals surface area contributed by atoms with E-state index in [1.54, 1.807) is 30.3 Å². The van der Waals surface area contributed by atoms with E-state index in [-0.39, 0.29) is 17.1 Å². The molecule has 3 aromatic heterocycles. The lowest BCUT2D eigenvalue weighted by atomic mass is 10.1. The van der Waals surface area contributed by atoms with Gasteiger partial charge in [-0.1, -0.05) is 18.2 Å². The minimum atomic E-state index is -4.24. The monoisotopic (exact) mass is 716 g/mol. The smallest absolute Gasteiger partial charge is 0.325 e. The molecule has 0 aliphatic carbocycles. The van der Waals surface area contributed by atoms with E-state index in [0.717, 1.165) is 0 Å².